The second-order valence-electron chi connectivity index (χ2n) is 5.03. The third kappa shape index (κ3) is 3.07. The molecule has 0 saturated heterocycles. The van der Waals surface area contributed by atoms with Crippen molar-refractivity contribution in [2.45, 2.75) is 32.3 Å². The average Bonchev–Trinajstić information content (AvgIpc) is 2.90. The fourth-order valence-corrected chi connectivity index (χ4v) is 2.58. The maximum Gasteiger partial charge on any atom is 0.253 e. The molecule has 18 heavy (non-hydrogen) atoms. The number of amides is 1. The van der Waals surface area contributed by atoms with Gasteiger partial charge in [-0.05, 0) is 30.9 Å². The highest BCUT2D eigenvalue weighted by Gasteiger charge is 2.20. The molecule has 0 atom stereocenters. The van der Waals surface area contributed by atoms with Gasteiger partial charge in [-0.25, -0.2) is 0 Å². The lowest BCUT2D eigenvalue weighted by atomic mass is 10.1. The van der Waals surface area contributed by atoms with Crippen LogP contribution < -0.4 is 0 Å². The summed E-state index contributed by atoms with van der Waals surface area (Å²) < 4.78 is 0. The molecule has 1 heterocycles. The van der Waals surface area contributed by atoms with E-state index >= 15 is 0 Å². The van der Waals surface area contributed by atoms with E-state index in [0.717, 1.165) is 6.54 Å². The van der Waals surface area contributed by atoms with Crippen molar-refractivity contribution in [2.75, 3.05) is 13.6 Å². The molecule has 4 heteroatoms. The Morgan fingerprint density at radius 3 is 2.89 bits per heavy atom. The van der Waals surface area contributed by atoms with Crippen LogP contribution in [-0.4, -0.2) is 34.5 Å². The van der Waals surface area contributed by atoms with Gasteiger partial charge in [0.25, 0.3) is 5.91 Å². The van der Waals surface area contributed by atoms with Crippen molar-refractivity contribution in [1.82, 2.24) is 9.88 Å². The molecule has 1 aromatic heterocycles. The number of carbonyl (C=O) groups is 1. The van der Waals surface area contributed by atoms with E-state index in [-0.39, 0.29) is 12.5 Å². The first-order valence-electron chi connectivity index (χ1n) is 6.52. The molecular weight excluding hydrogens is 228 g/mol. The fraction of sp³-hybridized carbons (Fsp3) is 0.571. The van der Waals surface area contributed by atoms with Crippen molar-refractivity contribution in [3.8, 4) is 0 Å². The molecule has 0 bridgehead atoms. The monoisotopic (exact) mass is 248 g/mol. The number of aromatic nitrogens is 1. The van der Waals surface area contributed by atoms with Crippen LogP contribution in [-0.2, 0) is 6.61 Å². The van der Waals surface area contributed by atoms with E-state index in [1.807, 2.05) is 7.05 Å². The van der Waals surface area contributed by atoms with Gasteiger partial charge in [-0.1, -0.05) is 12.8 Å². The number of carbonyl (C=O) groups excluding carboxylic acids is 1. The normalized spacial score (nSPS) is 15.9. The minimum Gasteiger partial charge on any atom is -0.390 e. The minimum absolute atomic E-state index is 0.0130. The Morgan fingerprint density at radius 1 is 1.50 bits per heavy atom. The summed E-state index contributed by atoms with van der Waals surface area (Å²) in [4.78, 5) is 18.0. The summed E-state index contributed by atoms with van der Waals surface area (Å²) in [6, 6.07) is 3.36. The number of aliphatic hydroxyl groups is 1. The molecular formula is C14H20N2O2. The standard InChI is InChI=1S/C14H20N2O2/c1-16(9-11-4-2-3-5-11)14(18)12-6-7-15-13(8-12)10-17/h6-8,11,17H,2-5,9-10H2,1H3. The lowest BCUT2D eigenvalue weighted by molar-refractivity contribution is 0.0773. The number of pyridine rings is 1. The predicted octanol–water partition coefficient (Wildman–Crippen LogP) is 1.84. The molecule has 1 N–H and O–H groups in total. The SMILES string of the molecule is CN(CC1CCCC1)C(=O)c1ccnc(CO)c1. The quantitative estimate of drug-likeness (QED) is 0.884. The lowest BCUT2D eigenvalue weighted by Crippen LogP contribution is -2.31. The van der Waals surface area contributed by atoms with Crippen LogP contribution in [0, 0.1) is 5.92 Å². The molecule has 0 radical (unpaired) electrons. The van der Waals surface area contributed by atoms with E-state index in [0.29, 0.717) is 17.2 Å². The van der Waals surface area contributed by atoms with Crippen molar-refractivity contribution in [3.05, 3.63) is 29.6 Å². The third-order valence-corrected chi connectivity index (χ3v) is 3.58. The van der Waals surface area contributed by atoms with E-state index in [1.54, 1.807) is 23.2 Å². The topological polar surface area (TPSA) is 53.4 Å². The molecule has 0 aromatic carbocycles. The average molecular weight is 248 g/mol. The van der Waals surface area contributed by atoms with E-state index in [2.05, 4.69) is 4.98 Å². The summed E-state index contributed by atoms with van der Waals surface area (Å²) in [7, 11) is 1.85. The Hall–Kier alpha value is -1.42. The van der Waals surface area contributed by atoms with Crippen LogP contribution in [0.5, 0.6) is 0 Å². The fourth-order valence-electron chi connectivity index (χ4n) is 2.58. The summed E-state index contributed by atoms with van der Waals surface area (Å²) in [5.41, 5.74) is 1.14. The molecule has 98 valence electrons. The van der Waals surface area contributed by atoms with Gasteiger partial charge in [0, 0.05) is 25.4 Å². The van der Waals surface area contributed by atoms with E-state index in [9.17, 15) is 4.79 Å². The Balaban J connectivity index is 2.00. The van der Waals surface area contributed by atoms with Gasteiger partial charge in [-0.2, -0.15) is 0 Å². The van der Waals surface area contributed by atoms with Crippen LogP contribution in [0.1, 0.15) is 41.7 Å². The smallest absolute Gasteiger partial charge is 0.253 e. The van der Waals surface area contributed by atoms with Gasteiger partial charge in [0.1, 0.15) is 0 Å². The summed E-state index contributed by atoms with van der Waals surface area (Å²) in [6.45, 7) is 0.697. The highest BCUT2D eigenvalue weighted by molar-refractivity contribution is 5.94. The Bertz CT molecular complexity index is 414. The first-order chi connectivity index (χ1) is 8.70. The molecule has 2 rings (SSSR count). The third-order valence-electron chi connectivity index (χ3n) is 3.58. The molecule has 1 saturated carbocycles. The van der Waals surface area contributed by atoms with E-state index in [4.69, 9.17) is 5.11 Å². The number of rotatable bonds is 4. The molecule has 1 fully saturated rings. The highest BCUT2D eigenvalue weighted by Crippen LogP contribution is 2.25. The second kappa shape index (κ2) is 5.96. The van der Waals surface area contributed by atoms with Crippen LogP contribution in [0.2, 0.25) is 0 Å². The first-order valence-corrected chi connectivity index (χ1v) is 6.52. The maximum absolute atomic E-state index is 12.2. The van der Waals surface area contributed by atoms with E-state index < -0.39 is 0 Å². The van der Waals surface area contributed by atoms with E-state index in [1.165, 1.54) is 25.7 Å². The number of nitrogens with zero attached hydrogens (tertiary/aromatic N) is 2. The zero-order chi connectivity index (χ0) is 13.0. The molecule has 1 aliphatic rings. The predicted molar refractivity (Wildman–Crippen MR) is 69.1 cm³/mol. The van der Waals surface area contributed by atoms with Crippen molar-refractivity contribution >= 4 is 5.91 Å². The van der Waals surface area contributed by atoms with Crippen molar-refractivity contribution in [2.24, 2.45) is 5.92 Å². The van der Waals surface area contributed by atoms with Gasteiger partial charge < -0.3 is 10.0 Å². The van der Waals surface area contributed by atoms with Crippen LogP contribution in [0.25, 0.3) is 0 Å². The molecule has 1 amide bonds. The first kappa shape index (κ1) is 13.0. The lowest BCUT2D eigenvalue weighted by Gasteiger charge is -2.21. The van der Waals surface area contributed by atoms with Crippen LogP contribution in [0.4, 0.5) is 0 Å². The van der Waals surface area contributed by atoms with Gasteiger partial charge in [0.15, 0.2) is 0 Å². The maximum atomic E-state index is 12.2. The van der Waals surface area contributed by atoms with Gasteiger partial charge in [-0.15, -0.1) is 0 Å². The van der Waals surface area contributed by atoms with Crippen LogP contribution >= 0.6 is 0 Å². The summed E-state index contributed by atoms with van der Waals surface area (Å²) in [6.07, 6.45) is 6.61. The van der Waals surface area contributed by atoms with Gasteiger partial charge in [-0.3, -0.25) is 9.78 Å². The van der Waals surface area contributed by atoms with Crippen molar-refractivity contribution in [3.63, 3.8) is 0 Å². The van der Waals surface area contributed by atoms with Crippen LogP contribution in [0.3, 0.4) is 0 Å². The Morgan fingerprint density at radius 2 is 2.22 bits per heavy atom. The summed E-state index contributed by atoms with van der Waals surface area (Å²) >= 11 is 0. The number of hydrogen-bond acceptors (Lipinski definition) is 3. The number of aliphatic hydroxyl groups excluding tert-OH is 1. The Kier molecular flexibility index (Phi) is 4.31. The van der Waals surface area contributed by atoms with Crippen molar-refractivity contribution < 1.29 is 9.90 Å². The molecule has 1 aromatic rings. The van der Waals surface area contributed by atoms with Crippen molar-refractivity contribution in [1.29, 1.82) is 0 Å². The zero-order valence-corrected chi connectivity index (χ0v) is 10.8. The summed E-state index contributed by atoms with van der Waals surface area (Å²) in [5.74, 6) is 0.664. The second-order valence-corrected chi connectivity index (χ2v) is 5.03. The largest absolute Gasteiger partial charge is 0.390 e. The summed E-state index contributed by atoms with van der Waals surface area (Å²) in [5, 5.41) is 9.02. The molecule has 0 unspecified atom stereocenters. The Labute approximate surface area is 108 Å². The molecule has 1 aliphatic carbocycles. The minimum atomic E-state index is -0.131. The van der Waals surface area contributed by atoms with Crippen LogP contribution in [0.15, 0.2) is 18.3 Å². The molecule has 0 aliphatic heterocycles. The number of hydrogen-bond donors (Lipinski definition) is 1. The molecule has 0 spiro atoms. The zero-order valence-electron chi connectivity index (χ0n) is 10.8. The van der Waals surface area contributed by atoms with Gasteiger partial charge in [0.05, 0.1) is 12.3 Å². The molecule has 4 nitrogen and oxygen atoms in total. The van der Waals surface area contributed by atoms with Gasteiger partial charge in [0.2, 0.25) is 0 Å². The van der Waals surface area contributed by atoms with Gasteiger partial charge >= 0.3 is 0 Å². The highest BCUT2D eigenvalue weighted by atomic mass is 16.3.